The van der Waals surface area contributed by atoms with E-state index in [1.54, 1.807) is 14.2 Å². The molecule has 1 aliphatic rings. The molecule has 3 unspecified atom stereocenters. The maximum absolute atomic E-state index is 5.61. The summed E-state index contributed by atoms with van der Waals surface area (Å²) in [6.07, 6.45) is 1.46. The molecule has 4 heteroatoms. The van der Waals surface area contributed by atoms with Crippen LogP contribution in [0.15, 0.2) is 0 Å². The van der Waals surface area contributed by atoms with E-state index < -0.39 is 0 Å². The van der Waals surface area contributed by atoms with E-state index in [4.69, 9.17) is 14.2 Å². The first-order valence-corrected chi connectivity index (χ1v) is 4.64. The number of rotatable bonds is 6. The van der Waals surface area contributed by atoms with Crippen molar-refractivity contribution in [3.05, 3.63) is 0 Å². The van der Waals surface area contributed by atoms with Crippen molar-refractivity contribution >= 4 is 0 Å². The minimum absolute atomic E-state index is 0.185. The van der Waals surface area contributed by atoms with Crippen LogP contribution in [0.2, 0.25) is 0 Å². The number of ether oxygens (including phenoxy) is 3. The quantitative estimate of drug-likeness (QED) is 0.598. The first kappa shape index (κ1) is 10.9. The first-order valence-electron chi connectivity index (χ1n) is 4.64. The molecule has 0 spiro atoms. The fraction of sp³-hybridized carbons (Fsp3) is 1.00. The molecule has 1 fully saturated rings. The number of nitrogens with one attached hydrogen (secondary N) is 1. The van der Waals surface area contributed by atoms with E-state index in [-0.39, 0.29) is 12.2 Å². The van der Waals surface area contributed by atoms with E-state index in [1.165, 1.54) is 0 Å². The fourth-order valence-corrected chi connectivity index (χ4v) is 1.59. The van der Waals surface area contributed by atoms with Gasteiger partial charge < -0.3 is 19.5 Å². The Labute approximate surface area is 79.5 Å². The monoisotopic (exact) mass is 189 g/mol. The topological polar surface area (TPSA) is 39.7 Å². The number of hydrogen-bond acceptors (Lipinski definition) is 4. The SMILES string of the molecule is CNC1CC(OC)C1OCCOC. The van der Waals surface area contributed by atoms with Gasteiger partial charge in [-0.2, -0.15) is 0 Å². The van der Waals surface area contributed by atoms with Gasteiger partial charge >= 0.3 is 0 Å². The van der Waals surface area contributed by atoms with Crippen molar-refractivity contribution in [2.45, 2.75) is 24.7 Å². The summed E-state index contributed by atoms with van der Waals surface area (Å²) in [4.78, 5) is 0. The highest BCUT2D eigenvalue weighted by molar-refractivity contribution is 4.96. The second kappa shape index (κ2) is 5.54. The van der Waals surface area contributed by atoms with Crippen molar-refractivity contribution in [1.82, 2.24) is 5.32 Å². The molecule has 4 nitrogen and oxygen atoms in total. The molecular formula is C9H19NO3. The van der Waals surface area contributed by atoms with Crippen LogP contribution in [-0.4, -0.2) is 52.7 Å². The minimum atomic E-state index is 0.185. The van der Waals surface area contributed by atoms with Gasteiger partial charge in [0, 0.05) is 20.3 Å². The van der Waals surface area contributed by atoms with Crippen LogP contribution in [0.4, 0.5) is 0 Å². The molecule has 0 aromatic rings. The third kappa shape index (κ3) is 2.64. The zero-order valence-electron chi connectivity index (χ0n) is 8.58. The third-order valence-electron chi connectivity index (χ3n) is 2.52. The van der Waals surface area contributed by atoms with E-state index in [0.717, 1.165) is 6.42 Å². The smallest absolute Gasteiger partial charge is 0.0991 e. The Morgan fingerprint density at radius 1 is 1.31 bits per heavy atom. The van der Waals surface area contributed by atoms with E-state index in [9.17, 15) is 0 Å². The first-order chi connectivity index (χ1) is 6.33. The summed E-state index contributed by atoms with van der Waals surface area (Å²) in [6, 6.07) is 0.432. The minimum Gasteiger partial charge on any atom is -0.382 e. The molecule has 0 aromatic heterocycles. The molecule has 3 atom stereocenters. The molecule has 78 valence electrons. The van der Waals surface area contributed by atoms with Crippen LogP contribution in [0, 0.1) is 0 Å². The summed E-state index contributed by atoms with van der Waals surface area (Å²) in [5.74, 6) is 0. The molecule has 0 amide bonds. The predicted molar refractivity (Wildman–Crippen MR) is 49.9 cm³/mol. The highest BCUT2D eigenvalue weighted by Crippen LogP contribution is 2.26. The van der Waals surface area contributed by atoms with Crippen LogP contribution >= 0.6 is 0 Å². The summed E-state index contributed by atoms with van der Waals surface area (Å²) in [7, 11) is 5.35. The van der Waals surface area contributed by atoms with Crippen molar-refractivity contribution in [1.29, 1.82) is 0 Å². The summed E-state index contributed by atoms with van der Waals surface area (Å²) in [5.41, 5.74) is 0. The van der Waals surface area contributed by atoms with Crippen LogP contribution in [0.5, 0.6) is 0 Å². The second-order valence-corrected chi connectivity index (χ2v) is 3.23. The van der Waals surface area contributed by atoms with Crippen molar-refractivity contribution in [2.24, 2.45) is 0 Å². The molecule has 0 saturated heterocycles. The van der Waals surface area contributed by atoms with Gasteiger partial charge in [-0.25, -0.2) is 0 Å². The fourth-order valence-electron chi connectivity index (χ4n) is 1.59. The van der Waals surface area contributed by atoms with Gasteiger partial charge in [0.05, 0.1) is 25.4 Å². The summed E-state index contributed by atoms with van der Waals surface area (Å²) < 4.78 is 15.8. The largest absolute Gasteiger partial charge is 0.382 e. The molecule has 0 aromatic carbocycles. The maximum atomic E-state index is 5.61. The lowest BCUT2D eigenvalue weighted by molar-refractivity contribution is -0.138. The summed E-state index contributed by atoms with van der Waals surface area (Å²) in [5, 5.41) is 3.20. The zero-order chi connectivity index (χ0) is 9.68. The van der Waals surface area contributed by atoms with Crippen LogP contribution in [0.1, 0.15) is 6.42 Å². The van der Waals surface area contributed by atoms with Gasteiger partial charge in [0.2, 0.25) is 0 Å². The lowest BCUT2D eigenvalue weighted by Gasteiger charge is -2.43. The Balaban J connectivity index is 2.19. The summed E-state index contributed by atoms with van der Waals surface area (Å²) >= 11 is 0. The van der Waals surface area contributed by atoms with Gasteiger partial charge in [-0.15, -0.1) is 0 Å². The number of methoxy groups -OCH3 is 2. The van der Waals surface area contributed by atoms with Gasteiger partial charge in [0.1, 0.15) is 0 Å². The van der Waals surface area contributed by atoms with Crippen LogP contribution in [0.3, 0.4) is 0 Å². The van der Waals surface area contributed by atoms with Crippen molar-refractivity contribution in [2.75, 3.05) is 34.5 Å². The van der Waals surface area contributed by atoms with E-state index in [1.807, 2.05) is 7.05 Å². The Morgan fingerprint density at radius 2 is 2.08 bits per heavy atom. The van der Waals surface area contributed by atoms with Gasteiger partial charge in [-0.05, 0) is 13.5 Å². The standard InChI is InChI=1S/C9H19NO3/c1-10-7-6-8(12-3)9(7)13-5-4-11-2/h7-10H,4-6H2,1-3H3. The molecule has 1 N–H and O–H groups in total. The zero-order valence-corrected chi connectivity index (χ0v) is 8.58. The van der Waals surface area contributed by atoms with E-state index in [2.05, 4.69) is 5.32 Å². The van der Waals surface area contributed by atoms with Gasteiger partial charge in [0.25, 0.3) is 0 Å². The van der Waals surface area contributed by atoms with Crippen molar-refractivity contribution in [3.63, 3.8) is 0 Å². The summed E-state index contributed by atoms with van der Waals surface area (Å²) in [6.45, 7) is 1.28. The molecule has 13 heavy (non-hydrogen) atoms. The Morgan fingerprint density at radius 3 is 2.62 bits per heavy atom. The highest BCUT2D eigenvalue weighted by atomic mass is 16.6. The van der Waals surface area contributed by atoms with Crippen LogP contribution < -0.4 is 5.32 Å². The van der Waals surface area contributed by atoms with Crippen LogP contribution in [0.25, 0.3) is 0 Å². The molecule has 1 aliphatic carbocycles. The van der Waals surface area contributed by atoms with E-state index >= 15 is 0 Å². The molecule has 1 rings (SSSR count). The second-order valence-electron chi connectivity index (χ2n) is 3.23. The Bertz CT molecular complexity index is 133. The lowest BCUT2D eigenvalue weighted by Crippen LogP contribution is -2.59. The lowest BCUT2D eigenvalue weighted by atomic mass is 9.85. The molecule has 1 saturated carbocycles. The molecule has 0 heterocycles. The molecule has 0 radical (unpaired) electrons. The van der Waals surface area contributed by atoms with Gasteiger partial charge in [-0.3, -0.25) is 0 Å². The van der Waals surface area contributed by atoms with Gasteiger partial charge in [-0.1, -0.05) is 0 Å². The third-order valence-corrected chi connectivity index (χ3v) is 2.52. The van der Waals surface area contributed by atoms with Crippen molar-refractivity contribution in [3.8, 4) is 0 Å². The molecule has 0 aliphatic heterocycles. The highest BCUT2D eigenvalue weighted by Gasteiger charge is 2.41. The molecule has 0 bridgehead atoms. The Hall–Kier alpha value is -0.160. The average molecular weight is 189 g/mol. The Kier molecular flexibility index (Phi) is 4.66. The maximum Gasteiger partial charge on any atom is 0.0991 e. The normalized spacial score (nSPS) is 33.0. The van der Waals surface area contributed by atoms with Crippen molar-refractivity contribution < 1.29 is 14.2 Å². The van der Waals surface area contributed by atoms with E-state index in [0.29, 0.717) is 19.3 Å². The van der Waals surface area contributed by atoms with Crippen LogP contribution in [-0.2, 0) is 14.2 Å². The number of likely N-dealkylation sites (N-methyl/N-ethyl adjacent to an activating group) is 1. The molecular weight excluding hydrogens is 170 g/mol. The van der Waals surface area contributed by atoms with Gasteiger partial charge in [0.15, 0.2) is 0 Å². The average Bonchev–Trinajstić information content (AvgIpc) is 2.12. The predicted octanol–water partition coefficient (Wildman–Crippen LogP) is 0.0247. The number of hydrogen-bond donors (Lipinski definition) is 1.